The van der Waals surface area contributed by atoms with Gasteiger partial charge in [-0.1, -0.05) is 18.2 Å². The minimum absolute atomic E-state index is 0.394. The van der Waals surface area contributed by atoms with E-state index in [1.54, 1.807) is 4.90 Å². The van der Waals surface area contributed by atoms with Gasteiger partial charge < -0.3 is 10.2 Å². The van der Waals surface area contributed by atoms with E-state index in [-0.39, 0.29) is 0 Å². The number of halogens is 3. The molecule has 0 radical (unpaired) electrons. The number of hydrogen-bond acceptors (Lipinski definition) is 3. The van der Waals surface area contributed by atoms with E-state index in [9.17, 15) is 22.8 Å². The molecule has 28 heavy (non-hydrogen) atoms. The summed E-state index contributed by atoms with van der Waals surface area (Å²) in [5.41, 5.74) is 1.18. The summed E-state index contributed by atoms with van der Waals surface area (Å²) in [7, 11) is 0. The SMILES string of the molecule is O=C(/C=C/C(=O)N1CCCc2ccccc21)NCC(F)(F)c1ccc(F)cn1. The number of benzene rings is 1. The number of hydrogen-bond donors (Lipinski definition) is 1. The number of amides is 2. The van der Waals surface area contributed by atoms with Crippen molar-refractivity contribution in [1.29, 1.82) is 0 Å². The second-order valence-corrected chi connectivity index (χ2v) is 6.34. The van der Waals surface area contributed by atoms with Gasteiger partial charge in [-0.3, -0.25) is 14.6 Å². The molecule has 1 N–H and O–H groups in total. The van der Waals surface area contributed by atoms with E-state index in [0.717, 1.165) is 48.4 Å². The molecule has 2 aromatic rings. The van der Waals surface area contributed by atoms with Crippen molar-refractivity contribution in [3.63, 3.8) is 0 Å². The van der Waals surface area contributed by atoms with Gasteiger partial charge in [0.2, 0.25) is 5.91 Å². The first kappa shape index (κ1) is 19.6. The summed E-state index contributed by atoms with van der Waals surface area (Å²) in [6, 6.07) is 9.22. The number of pyridine rings is 1. The van der Waals surface area contributed by atoms with Crippen molar-refractivity contribution in [2.75, 3.05) is 18.0 Å². The van der Waals surface area contributed by atoms with Gasteiger partial charge in [-0.2, -0.15) is 8.78 Å². The van der Waals surface area contributed by atoms with E-state index in [1.165, 1.54) is 0 Å². The molecule has 2 amide bonds. The zero-order chi connectivity index (χ0) is 20.1. The largest absolute Gasteiger partial charge is 0.346 e. The highest BCUT2D eigenvalue weighted by atomic mass is 19.3. The van der Waals surface area contributed by atoms with Gasteiger partial charge in [-0.25, -0.2) is 4.39 Å². The van der Waals surface area contributed by atoms with Crippen LogP contribution < -0.4 is 10.2 Å². The third-order valence-corrected chi connectivity index (χ3v) is 4.34. The summed E-state index contributed by atoms with van der Waals surface area (Å²) in [5, 5.41) is 2.03. The molecule has 1 aromatic carbocycles. The number of alkyl halides is 2. The smallest absolute Gasteiger partial charge is 0.306 e. The van der Waals surface area contributed by atoms with E-state index < -0.39 is 35.8 Å². The minimum atomic E-state index is -3.47. The molecule has 0 bridgehead atoms. The maximum Gasteiger partial charge on any atom is 0.306 e. The maximum absolute atomic E-state index is 14.0. The fraction of sp³-hybridized carbons (Fsp3) is 0.250. The van der Waals surface area contributed by atoms with Crippen molar-refractivity contribution in [2.45, 2.75) is 18.8 Å². The van der Waals surface area contributed by atoms with Crippen LogP contribution in [0, 0.1) is 5.82 Å². The number of aryl methyl sites for hydroxylation is 1. The predicted molar refractivity (Wildman–Crippen MR) is 97.4 cm³/mol. The van der Waals surface area contributed by atoms with E-state index in [2.05, 4.69) is 4.98 Å². The molecule has 0 saturated heterocycles. The topological polar surface area (TPSA) is 62.3 Å². The molecule has 146 valence electrons. The number of aromatic nitrogens is 1. The van der Waals surface area contributed by atoms with Gasteiger partial charge in [0.05, 0.1) is 12.7 Å². The number of carbonyl (C=O) groups is 2. The van der Waals surface area contributed by atoms with Crippen LogP contribution in [0.1, 0.15) is 17.7 Å². The van der Waals surface area contributed by atoms with Crippen LogP contribution in [0.3, 0.4) is 0 Å². The molecule has 0 fully saturated rings. The Hall–Kier alpha value is -3.16. The monoisotopic (exact) mass is 389 g/mol. The first-order valence-electron chi connectivity index (χ1n) is 8.72. The Balaban J connectivity index is 1.58. The molecule has 0 saturated carbocycles. The van der Waals surface area contributed by atoms with Crippen LogP contribution in [0.2, 0.25) is 0 Å². The molecule has 2 heterocycles. The number of rotatable bonds is 5. The lowest BCUT2D eigenvalue weighted by atomic mass is 10.0. The molecule has 1 aromatic heterocycles. The van der Waals surface area contributed by atoms with Crippen LogP contribution in [0.4, 0.5) is 18.9 Å². The molecule has 1 aliphatic rings. The van der Waals surface area contributed by atoms with Crippen molar-refractivity contribution in [3.05, 3.63) is 71.8 Å². The highest BCUT2D eigenvalue weighted by Crippen LogP contribution is 2.27. The Labute approximate surface area is 159 Å². The zero-order valence-electron chi connectivity index (χ0n) is 14.9. The summed E-state index contributed by atoms with van der Waals surface area (Å²) >= 11 is 0. The fourth-order valence-corrected chi connectivity index (χ4v) is 2.94. The molecule has 0 aliphatic carbocycles. The maximum atomic E-state index is 14.0. The number of anilines is 1. The molecule has 3 rings (SSSR count). The predicted octanol–water partition coefficient (Wildman–Crippen LogP) is 2.96. The minimum Gasteiger partial charge on any atom is -0.346 e. The quantitative estimate of drug-likeness (QED) is 0.800. The Kier molecular flexibility index (Phi) is 5.77. The Morgan fingerprint density at radius 3 is 2.71 bits per heavy atom. The van der Waals surface area contributed by atoms with Crippen LogP contribution >= 0.6 is 0 Å². The second-order valence-electron chi connectivity index (χ2n) is 6.34. The van der Waals surface area contributed by atoms with Crippen LogP contribution in [0.15, 0.2) is 54.7 Å². The summed E-state index contributed by atoms with van der Waals surface area (Å²) in [4.78, 5) is 29.1. The second kappa shape index (κ2) is 8.24. The van der Waals surface area contributed by atoms with E-state index in [1.807, 2.05) is 29.6 Å². The van der Waals surface area contributed by atoms with Crippen LogP contribution in [0.25, 0.3) is 0 Å². The zero-order valence-corrected chi connectivity index (χ0v) is 14.9. The molecule has 0 spiro atoms. The summed E-state index contributed by atoms with van der Waals surface area (Å²) in [6.07, 6.45) is 4.34. The lowest BCUT2D eigenvalue weighted by Gasteiger charge is -2.28. The number of para-hydroxylation sites is 1. The highest BCUT2D eigenvalue weighted by molar-refractivity contribution is 6.05. The molecule has 5 nitrogen and oxygen atoms in total. The number of nitrogens with one attached hydrogen (secondary N) is 1. The van der Waals surface area contributed by atoms with E-state index in [0.29, 0.717) is 12.7 Å². The Bertz CT molecular complexity index is 898. The van der Waals surface area contributed by atoms with Crippen molar-refractivity contribution in [1.82, 2.24) is 10.3 Å². The van der Waals surface area contributed by atoms with Gasteiger partial charge in [0.25, 0.3) is 5.91 Å². The van der Waals surface area contributed by atoms with Gasteiger partial charge in [0.1, 0.15) is 11.5 Å². The fourth-order valence-electron chi connectivity index (χ4n) is 2.94. The lowest BCUT2D eigenvalue weighted by Crippen LogP contribution is -2.36. The van der Waals surface area contributed by atoms with Crippen molar-refractivity contribution in [3.8, 4) is 0 Å². The van der Waals surface area contributed by atoms with Gasteiger partial charge in [0.15, 0.2) is 0 Å². The first-order chi connectivity index (χ1) is 13.4. The molecule has 0 unspecified atom stereocenters. The van der Waals surface area contributed by atoms with Gasteiger partial charge in [-0.15, -0.1) is 0 Å². The number of carbonyl (C=O) groups excluding carboxylic acids is 2. The molecular weight excluding hydrogens is 371 g/mol. The Morgan fingerprint density at radius 2 is 1.96 bits per heavy atom. The van der Waals surface area contributed by atoms with Crippen LogP contribution in [0.5, 0.6) is 0 Å². The Morgan fingerprint density at radius 1 is 1.18 bits per heavy atom. The average molecular weight is 389 g/mol. The lowest BCUT2D eigenvalue weighted by molar-refractivity contribution is -0.119. The third kappa shape index (κ3) is 4.57. The third-order valence-electron chi connectivity index (χ3n) is 4.34. The van der Waals surface area contributed by atoms with Gasteiger partial charge in [0, 0.05) is 24.4 Å². The normalized spacial score (nSPS) is 14.0. The molecule has 8 heteroatoms. The van der Waals surface area contributed by atoms with Crippen molar-refractivity contribution >= 4 is 17.5 Å². The summed E-state index contributed by atoms with van der Waals surface area (Å²) in [6.45, 7) is -0.494. The standard InChI is InChI=1S/C20H18F3N3O2/c21-15-7-8-17(24-12-15)20(22,23)13-25-18(27)9-10-19(28)26-11-3-5-14-4-1-2-6-16(14)26/h1-2,4,6-10,12H,3,5,11,13H2,(H,25,27)/b10-9+. The van der Waals surface area contributed by atoms with Crippen LogP contribution in [-0.2, 0) is 21.9 Å². The molecular formula is C20H18F3N3O2. The van der Waals surface area contributed by atoms with E-state index in [4.69, 9.17) is 0 Å². The summed E-state index contributed by atoms with van der Waals surface area (Å²) < 4.78 is 40.8. The van der Waals surface area contributed by atoms with Crippen molar-refractivity contribution in [2.24, 2.45) is 0 Å². The number of fused-ring (bicyclic) bond motifs is 1. The first-order valence-corrected chi connectivity index (χ1v) is 8.72. The molecule has 0 atom stereocenters. The van der Waals surface area contributed by atoms with Gasteiger partial charge >= 0.3 is 5.92 Å². The van der Waals surface area contributed by atoms with Gasteiger partial charge in [-0.05, 0) is 36.6 Å². The van der Waals surface area contributed by atoms with Crippen LogP contribution in [-0.4, -0.2) is 29.9 Å². The molecule has 1 aliphatic heterocycles. The average Bonchev–Trinajstić information content (AvgIpc) is 2.70. The summed E-state index contributed by atoms with van der Waals surface area (Å²) in [5.74, 6) is -5.42. The highest BCUT2D eigenvalue weighted by Gasteiger charge is 2.33. The van der Waals surface area contributed by atoms with E-state index >= 15 is 0 Å². The number of nitrogens with zero attached hydrogens (tertiary/aromatic N) is 2. The van der Waals surface area contributed by atoms with Crippen molar-refractivity contribution < 1.29 is 22.8 Å².